The molecule has 6 heteroatoms. The third kappa shape index (κ3) is 2.32. The number of hydrogen-bond acceptors (Lipinski definition) is 2. The number of nitrogens with zero attached hydrogens (tertiary/aromatic N) is 2. The summed E-state index contributed by atoms with van der Waals surface area (Å²) in [5.41, 5.74) is 8.84. The molecule has 0 spiro atoms. The first kappa shape index (κ1) is 13.1. The zero-order chi connectivity index (χ0) is 13.6. The molecule has 19 heavy (non-hydrogen) atoms. The van der Waals surface area contributed by atoms with Crippen LogP contribution < -0.4 is 5.73 Å². The Hall–Kier alpha value is -0.850. The highest BCUT2D eigenvalue weighted by atomic mass is 79.9. The molecule has 2 N–H and O–H groups in total. The number of halogens is 3. The van der Waals surface area contributed by atoms with E-state index in [-0.39, 0.29) is 0 Å². The summed E-state index contributed by atoms with van der Waals surface area (Å²) < 4.78 is 4.88. The van der Waals surface area contributed by atoms with E-state index in [1.54, 1.807) is 0 Å². The molecular weight excluding hydrogens is 438 g/mol. The van der Waals surface area contributed by atoms with Crippen molar-refractivity contribution in [1.82, 2.24) is 9.55 Å². The highest BCUT2D eigenvalue weighted by molar-refractivity contribution is 9.11. The van der Waals surface area contributed by atoms with Crippen LogP contribution >= 0.6 is 47.8 Å². The Balaban J connectivity index is 2.35. The first-order valence-corrected chi connectivity index (χ1v) is 7.83. The van der Waals surface area contributed by atoms with Gasteiger partial charge in [-0.1, -0.05) is 31.9 Å². The lowest BCUT2D eigenvalue weighted by molar-refractivity contribution is 1.10. The van der Waals surface area contributed by atoms with Crippen LogP contribution in [-0.2, 0) is 0 Å². The van der Waals surface area contributed by atoms with E-state index in [0.29, 0.717) is 5.95 Å². The number of anilines is 1. The zero-order valence-electron chi connectivity index (χ0n) is 9.57. The van der Waals surface area contributed by atoms with E-state index in [4.69, 9.17) is 5.73 Å². The number of imidazole rings is 1. The molecule has 0 aliphatic carbocycles. The van der Waals surface area contributed by atoms with E-state index >= 15 is 0 Å². The Morgan fingerprint density at radius 3 is 2.37 bits per heavy atom. The van der Waals surface area contributed by atoms with Gasteiger partial charge in [0.25, 0.3) is 0 Å². The molecule has 0 saturated carbocycles. The van der Waals surface area contributed by atoms with Crippen LogP contribution in [0.4, 0.5) is 5.95 Å². The van der Waals surface area contributed by atoms with Gasteiger partial charge in [0, 0.05) is 13.4 Å². The Labute approximate surface area is 135 Å². The maximum absolute atomic E-state index is 6.05. The lowest BCUT2D eigenvalue weighted by atomic mass is 10.3. The number of aromatic nitrogens is 2. The van der Waals surface area contributed by atoms with Crippen molar-refractivity contribution in [3.05, 3.63) is 49.8 Å². The summed E-state index contributed by atoms with van der Waals surface area (Å²) in [7, 11) is 0. The first-order chi connectivity index (χ1) is 9.06. The van der Waals surface area contributed by atoms with Crippen molar-refractivity contribution in [2.45, 2.75) is 0 Å². The van der Waals surface area contributed by atoms with Crippen LogP contribution in [0.1, 0.15) is 0 Å². The molecule has 0 unspecified atom stereocenters. The lowest BCUT2D eigenvalue weighted by Gasteiger charge is -2.09. The van der Waals surface area contributed by atoms with Crippen molar-refractivity contribution in [3.63, 3.8) is 0 Å². The van der Waals surface area contributed by atoms with Gasteiger partial charge < -0.3 is 5.73 Å². The number of fused-ring (bicyclic) bond motifs is 1. The number of nitrogen functional groups attached to an aromatic ring is 1. The van der Waals surface area contributed by atoms with Crippen LogP contribution in [0.15, 0.2) is 49.8 Å². The second-order valence-electron chi connectivity index (χ2n) is 4.03. The Kier molecular flexibility index (Phi) is 3.41. The average Bonchev–Trinajstić information content (AvgIpc) is 2.65. The van der Waals surface area contributed by atoms with Crippen molar-refractivity contribution >= 4 is 64.8 Å². The molecule has 1 heterocycles. The molecule has 0 amide bonds. The molecule has 0 aliphatic rings. The third-order valence-electron chi connectivity index (χ3n) is 2.79. The fourth-order valence-electron chi connectivity index (χ4n) is 1.98. The molecule has 0 fully saturated rings. The van der Waals surface area contributed by atoms with Crippen LogP contribution in [0.5, 0.6) is 0 Å². The van der Waals surface area contributed by atoms with Crippen LogP contribution in [0.2, 0.25) is 0 Å². The zero-order valence-corrected chi connectivity index (χ0v) is 14.3. The van der Waals surface area contributed by atoms with Gasteiger partial charge >= 0.3 is 0 Å². The lowest BCUT2D eigenvalue weighted by Crippen LogP contribution is -2.01. The van der Waals surface area contributed by atoms with Crippen molar-refractivity contribution in [2.75, 3.05) is 5.73 Å². The van der Waals surface area contributed by atoms with Gasteiger partial charge in [0.1, 0.15) is 0 Å². The van der Waals surface area contributed by atoms with E-state index in [1.807, 2.05) is 41.0 Å². The van der Waals surface area contributed by atoms with Gasteiger partial charge in [0.15, 0.2) is 0 Å². The van der Waals surface area contributed by atoms with Gasteiger partial charge in [-0.25, -0.2) is 4.98 Å². The SMILES string of the molecule is Nc1nc2ccc(Br)cc2n1-c1ccc(Br)cc1Br. The van der Waals surface area contributed by atoms with Crippen molar-refractivity contribution in [3.8, 4) is 5.69 Å². The van der Waals surface area contributed by atoms with E-state index in [2.05, 4.69) is 52.8 Å². The van der Waals surface area contributed by atoms with Crippen LogP contribution in [0.3, 0.4) is 0 Å². The fraction of sp³-hybridized carbons (Fsp3) is 0. The normalized spacial score (nSPS) is 11.1. The molecule has 1 aromatic heterocycles. The largest absolute Gasteiger partial charge is 0.369 e. The van der Waals surface area contributed by atoms with Gasteiger partial charge in [-0.15, -0.1) is 0 Å². The van der Waals surface area contributed by atoms with Crippen molar-refractivity contribution < 1.29 is 0 Å². The summed E-state index contributed by atoms with van der Waals surface area (Å²) in [6, 6.07) is 11.9. The third-order valence-corrected chi connectivity index (χ3v) is 4.41. The molecule has 0 radical (unpaired) electrons. The van der Waals surface area contributed by atoms with Gasteiger partial charge in [0.2, 0.25) is 5.95 Å². The quantitative estimate of drug-likeness (QED) is 0.579. The van der Waals surface area contributed by atoms with E-state index in [9.17, 15) is 0 Å². The van der Waals surface area contributed by atoms with Gasteiger partial charge in [0.05, 0.1) is 16.7 Å². The summed E-state index contributed by atoms with van der Waals surface area (Å²) in [5, 5.41) is 0. The number of rotatable bonds is 1. The van der Waals surface area contributed by atoms with Gasteiger partial charge in [-0.05, 0) is 52.3 Å². The summed E-state index contributed by atoms with van der Waals surface area (Å²) in [6.07, 6.45) is 0. The summed E-state index contributed by atoms with van der Waals surface area (Å²) in [6.45, 7) is 0. The Morgan fingerprint density at radius 1 is 0.947 bits per heavy atom. The molecule has 0 saturated heterocycles. The second-order valence-corrected chi connectivity index (χ2v) is 6.72. The Bertz CT molecular complexity index is 780. The fourth-order valence-corrected chi connectivity index (χ4v) is 3.56. The standard InChI is InChI=1S/C13H8Br3N3/c14-7-2-4-11(9(16)5-7)19-12-6-8(15)1-3-10(12)18-13(19)17/h1-6H,(H2,17,18). The van der Waals surface area contributed by atoms with E-state index in [1.165, 1.54) is 0 Å². The topological polar surface area (TPSA) is 43.8 Å². The highest BCUT2D eigenvalue weighted by Gasteiger charge is 2.12. The molecule has 2 aromatic carbocycles. The molecule has 3 aromatic rings. The molecule has 0 aliphatic heterocycles. The monoisotopic (exact) mass is 443 g/mol. The average molecular weight is 446 g/mol. The summed E-state index contributed by atoms with van der Waals surface area (Å²) >= 11 is 10.5. The summed E-state index contributed by atoms with van der Waals surface area (Å²) in [4.78, 5) is 4.38. The maximum atomic E-state index is 6.05. The molecule has 3 rings (SSSR count). The molecule has 96 valence electrons. The van der Waals surface area contributed by atoms with Gasteiger partial charge in [-0.2, -0.15) is 0 Å². The second kappa shape index (κ2) is 4.92. The van der Waals surface area contributed by atoms with Crippen molar-refractivity contribution in [2.24, 2.45) is 0 Å². The maximum Gasteiger partial charge on any atom is 0.205 e. The number of hydrogen-bond donors (Lipinski definition) is 1. The minimum atomic E-state index is 0.469. The predicted octanol–water partition coefficient (Wildman–Crippen LogP) is 4.90. The highest BCUT2D eigenvalue weighted by Crippen LogP contribution is 2.31. The first-order valence-electron chi connectivity index (χ1n) is 5.45. The van der Waals surface area contributed by atoms with E-state index < -0.39 is 0 Å². The molecular formula is C13H8Br3N3. The number of benzene rings is 2. The molecule has 0 bridgehead atoms. The molecule has 3 nitrogen and oxygen atoms in total. The van der Waals surface area contributed by atoms with Crippen molar-refractivity contribution in [1.29, 1.82) is 0 Å². The van der Waals surface area contributed by atoms with Crippen LogP contribution in [0.25, 0.3) is 16.7 Å². The smallest absolute Gasteiger partial charge is 0.205 e. The molecule has 0 atom stereocenters. The minimum absolute atomic E-state index is 0.469. The van der Waals surface area contributed by atoms with Crippen LogP contribution in [-0.4, -0.2) is 9.55 Å². The predicted molar refractivity (Wildman–Crippen MR) is 88.6 cm³/mol. The van der Waals surface area contributed by atoms with Gasteiger partial charge in [-0.3, -0.25) is 4.57 Å². The number of nitrogens with two attached hydrogens (primary N) is 1. The minimum Gasteiger partial charge on any atom is -0.369 e. The van der Waals surface area contributed by atoms with Crippen LogP contribution in [0, 0.1) is 0 Å². The Morgan fingerprint density at radius 2 is 1.63 bits per heavy atom. The summed E-state index contributed by atoms with van der Waals surface area (Å²) in [5.74, 6) is 0.469. The van der Waals surface area contributed by atoms with E-state index in [0.717, 1.165) is 30.1 Å².